The van der Waals surface area contributed by atoms with Crippen molar-refractivity contribution >= 4 is 23.4 Å². The van der Waals surface area contributed by atoms with E-state index in [1.165, 1.54) is 6.07 Å². The fourth-order valence-electron chi connectivity index (χ4n) is 2.24. The molecule has 2 N–H and O–H groups in total. The van der Waals surface area contributed by atoms with Crippen molar-refractivity contribution in [1.82, 2.24) is 16.0 Å². The first-order valence-electron chi connectivity index (χ1n) is 8.02. The molecule has 7 nitrogen and oxygen atoms in total. The van der Waals surface area contributed by atoms with Gasteiger partial charge in [-0.1, -0.05) is 41.0 Å². The van der Waals surface area contributed by atoms with Gasteiger partial charge in [-0.2, -0.15) is 0 Å². The minimum absolute atomic E-state index is 0.0184. The van der Waals surface area contributed by atoms with Gasteiger partial charge in [0.05, 0.1) is 0 Å². The maximum Gasteiger partial charge on any atom is 0.291 e. The van der Waals surface area contributed by atoms with E-state index in [4.69, 9.17) is 20.9 Å². The van der Waals surface area contributed by atoms with Crippen molar-refractivity contribution in [2.75, 3.05) is 6.61 Å². The summed E-state index contributed by atoms with van der Waals surface area (Å²) in [7, 11) is 0. The lowest BCUT2D eigenvalue weighted by Crippen LogP contribution is -2.43. The van der Waals surface area contributed by atoms with E-state index in [-0.39, 0.29) is 12.3 Å². The quantitative estimate of drug-likeness (QED) is 0.658. The summed E-state index contributed by atoms with van der Waals surface area (Å²) in [6.07, 6.45) is 0. The Morgan fingerprint density at radius 1 is 1.11 bits per heavy atom. The predicted molar refractivity (Wildman–Crippen MR) is 99.2 cm³/mol. The highest BCUT2D eigenvalue weighted by atomic mass is 35.5. The molecule has 2 amide bonds. The third kappa shape index (κ3) is 5.08. The van der Waals surface area contributed by atoms with E-state index in [9.17, 15) is 9.59 Å². The average molecular weight is 386 g/mol. The Balaban J connectivity index is 1.51. The summed E-state index contributed by atoms with van der Waals surface area (Å²) in [6, 6.07) is 15.7. The number of hydrogen-bond acceptors (Lipinski definition) is 5. The first kappa shape index (κ1) is 18.5. The van der Waals surface area contributed by atoms with Crippen molar-refractivity contribution < 1.29 is 18.8 Å². The van der Waals surface area contributed by atoms with E-state index < -0.39 is 11.8 Å². The van der Waals surface area contributed by atoms with Crippen LogP contribution in [-0.2, 0) is 4.79 Å². The van der Waals surface area contributed by atoms with Gasteiger partial charge in [-0.25, -0.2) is 0 Å². The number of amides is 2. The second kappa shape index (κ2) is 8.37. The highest BCUT2D eigenvalue weighted by molar-refractivity contribution is 6.30. The third-order valence-corrected chi connectivity index (χ3v) is 3.76. The molecule has 0 atom stereocenters. The molecular formula is C19H16ClN3O4. The SMILES string of the molecule is Cc1cccc(OCC(=O)NNC(=O)c2cc(-c3cccc(Cl)c3)on2)c1. The Morgan fingerprint density at radius 2 is 1.93 bits per heavy atom. The Labute approximate surface area is 160 Å². The van der Waals surface area contributed by atoms with Crippen molar-refractivity contribution in [1.29, 1.82) is 0 Å². The maximum atomic E-state index is 12.1. The molecule has 3 aromatic rings. The lowest BCUT2D eigenvalue weighted by atomic mass is 10.1. The van der Waals surface area contributed by atoms with Crippen molar-refractivity contribution in [3.05, 3.63) is 70.9 Å². The van der Waals surface area contributed by atoms with Crippen LogP contribution < -0.4 is 15.6 Å². The molecular weight excluding hydrogens is 370 g/mol. The van der Waals surface area contributed by atoms with Crippen molar-refractivity contribution in [3.8, 4) is 17.1 Å². The molecule has 3 rings (SSSR count). The molecule has 138 valence electrons. The van der Waals surface area contributed by atoms with Crippen LogP contribution in [0.4, 0.5) is 0 Å². The number of nitrogens with zero attached hydrogens (tertiary/aromatic N) is 1. The van der Waals surface area contributed by atoms with Crippen LogP contribution in [0.1, 0.15) is 16.1 Å². The second-order valence-electron chi connectivity index (χ2n) is 5.69. The zero-order valence-electron chi connectivity index (χ0n) is 14.4. The van der Waals surface area contributed by atoms with Gasteiger partial charge in [0.25, 0.3) is 11.8 Å². The number of carbonyl (C=O) groups is 2. The fourth-order valence-corrected chi connectivity index (χ4v) is 2.43. The topological polar surface area (TPSA) is 93.5 Å². The Kier molecular flexibility index (Phi) is 5.73. The zero-order chi connectivity index (χ0) is 19.2. The molecule has 0 aliphatic heterocycles. The number of ether oxygens (including phenoxy) is 1. The molecule has 1 aromatic heterocycles. The number of nitrogens with one attached hydrogen (secondary N) is 2. The number of benzene rings is 2. The highest BCUT2D eigenvalue weighted by Gasteiger charge is 2.15. The predicted octanol–water partition coefficient (Wildman–Crippen LogP) is 3.14. The first-order chi connectivity index (χ1) is 13.0. The van der Waals surface area contributed by atoms with Crippen LogP contribution in [-0.4, -0.2) is 23.6 Å². The van der Waals surface area contributed by atoms with Gasteiger partial charge in [-0.15, -0.1) is 0 Å². The van der Waals surface area contributed by atoms with Gasteiger partial charge in [0.15, 0.2) is 18.1 Å². The molecule has 1 heterocycles. The molecule has 2 aromatic carbocycles. The van der Waals surface area contributed by atoms with Crippen molar-refractivity contribution in [2.45, 2.75) is 6.92 Å². The van der Waals surface area contributed by atoms with E-state index in [2.05, 4.69) is 16.0 Å². The van der Waals surface area contributed by atoms with Gasteiger partial charge < -0.3 is 9.26 Å². The lowest BCUT2D eigenvalue weighted by Gasteiger charge is -2.08. The van der Waals surface area contributed by atoms with Crippen LogP contribution >= 0.6 is 11.6 Å². The normalized spacial score (nSPS) is 10.3. The van der Waals surface area contributed by atoms with Gasteiger partial charge in [-0.3, -0.25) is 20.4 Å². The molecule has 0 fully saturated rings. The second-order valence-corrected chi connectivity index (χ2v) is 6.13. The summed E-state index contributed by atoms with van der Waals surface area (Å²) in [5.41, 5.74) is 6.23. The number of carbonyl (C=O) groups excluding carboxylic acids is 2. The minimum Gasteiger partial charge on any atom is -0.484 e. The smallest absolute Gasteiger partial charge is 0.291 e. The number of aryl methyl sites for hydroxylation is 1. The molecule has 8 heteroatoms. The van der Waals surface area contributed by atoms with Crippen LogP contribution in [0.15, 0.2) is 59.1 Å². The molecule has 0 bridgehead atoms. The fraction of sp³-hybridized carbons (Fsp3) is 0.105. The van der Waals surface area contributed by atoms with Gasteiger partial charge in [-0.05, 0) is 36.8 Å². The monoisotopic (exact) mass is 385 g/mol. The summed E-state index contributed by atoms with van der Waals surface area (Å²) in [5.74, 6) is -0.171. The standard InChI is InChI=1S/C19H16ClN3O4/c1-12-4-2-7-15(8-12)26-11-18(24)21-22-19(25)16-10-17(27-23-16)13-5-3-6-14(20)9-13/h2-10H,11H2,1H3,(H,21,24)(H,22,25). The van der Waals surface area contributed by atoms with Crippen LogP contribution in [0.5, 0.6) is 5.75 Å². The zero-order valence-corrected chi connectivity index (χ0v) is 15.1. The van der Waals surface area contributed by atoms with Crippen molar-refractivity contribution in [2.24, 2.45) is 0 Å². The molecule has 0 unspecified atom stereocenters. The van der Waals surface area contributed by atoms with Gasteiger partial charge in [0.1, 0.15) is 5.75 Å². The lowest BCUT2D eigenvalue weighted by molar-refractivity contribution is -0.123. The minimum atomic E-state index is -0.615. The van der Waals surface area contributed by atoms with E-state index in [0.717, 1.165) is 5.56 Å². The molecule has 0 radical (unpaired) electrons. The third-order valence-electron chi connectivity index (χ3n) is 3.53. The van der Waals surface area contributed by atoms with Crippen LogP contribution in [0.3, 0.4) is 0 Å². The molecule has 0 saturated heterocycles. The van der Waals surface area contributed by atoms with Gasteiger partial charge in [0.2, 0.25) is 0 Å². The summed E-state index contributed by atoms with van der Waals surface area (Å²) < 4.78 is 10.5. The Bertz CT molecular complexity index is 971. The first-order valence-corrected chi connectivity index (χ1v) is 8.40. The van der Waals surface area contributed by atoms with Gasteiger partial charge >= 0.3 is 0 Å². The molecule has 27 heavy (non-hydrogen) atoms. The summed E-state index contributed by atoms with van der Waals surface area (Å²) >= 11 is 5.93. The van der Waals surface area contributed by atoms with Crippen LogP contribution in [0.25, 0.3) is 11.3 Å². The van der Waals surface area contributed by atoms with E-state index in [1.807, 2.05) is 19.1 Å². The summed E-state index contributed by atoms with van der Waals surface area (Å²) in [4.78, 5) is 23.9. The summed E-state index contributed by atoms with van der Waals surface area (Å²) in [5, 5.41) is 4.23. The summed E-state index contributed by atoms with van der Waals surface area (Å²) in [6.45, 7) is 1.68. The van der Waals surface area contributed by atoms with E-state index >= 15 is 0 Å². The molecule has 0 saturated carbocycles. The number of halogens is 1. The highest BCUT2D eigenvalue weighted by Crippen LogP contribution is 2.23. The van der Waals surface area contributed by atoms with Crippen LogP contribution in [0.2, 0.25) is 5.02 Å². The van der Waals surface area contributed by atoms with E-state index in [1.54, 1.807) is 36.4 Å². The van der Waals surface area contributed by atoms with E-state index in [0.29, 0.717) is 22.1 Å². The van der Waals surface area contributed by atoms with Crippen LogP contribution in [0, 0.1) is 6.92 Å². The largest absolute Gasteiger partial charge is 0.484 e. The average Bonchev–Trinajstić information content (AvgIpc) is 3.15. The number of hydrazine groups is 1. The number of hydrogen-bond donors (Lipinski definition) is 2. The maximum absolute atomic E-state index is 12.1. The Morgan fingerprint density at radius 3 is 2.70 bits per heavy atom. The molecule has 0 spiro atoms. The number of rotatable bonds is 5. The Hall–Kier alpha value is -3.32. The number of aromatic nitrogens is 1. The van der Waals surface area contributed by atoms with Gasteiger partial charge in [0, 0.05) is 16.7 Å². The molecule has 0 aliphatic carbocycles. The van der Waals surface area contributed by atoms with Crippen molar-refractivity contribution in [3.63, 3.8) is 0 Å². The molecule has 0 aliphatic rings.